The summed E-state index contributed by atoms with van der Waals surface area (Å²) in [6.07, 6.45) is 6.29. The lowest BCUT2D eigenvalue weighted by Crippen LogP contribution is -2.47. The molecule has 1 aliphatic heterocycles. The number of ether oxygens (including phenoxy) is 1. The van der Waals surface area contributed by atoms with Gasteiger partial charge in [-0.1, -0.05) is 19.3 Å². The van der Waals surface area contributed by atoms with Crippen LogP contribution in [0.2, 0.25) is 0 Å². The van der Waals surface area contributed by atoms with Gasteiger partial charge in [-0.25, -0.2) is 9.59 Å². The second-order valence-electron chi connectivity index (χ2n) is 5.19. The second kappa shape index (κ2) is 7.73. The van der Waals surface area contributed by atoms with Gasteiger partial charge in [0.05, 0.1) is 18.6 Å². The van der Waals surface area contributed by atoms with Crippen molar-refractivity contribution in [2.75, 3.05) is 24.8 Å². The topological polar surface area (TPSA) is 78.9 Å². The van der Waals surface area contributed by atoms with Crippen LogP contribution in [-0.2, 0) is 9.53 Å². The van der Waals surface area contributed by atoms with Crippen LogP contribution < -0.4 is 5.32 Å². The van der Waals surface area contributed by atoms with E-state index < -0.39 is 12.0 Å². The van der Waals surface area contributed by atoms with Crippen molar-refractivity contribution >= 4 is 23.8 Å². The lowest BCUT2D eigenvalue weighted by Gasteiger charge is -2.23. The first-order chi connectivity index (χ1) is 9.68. The summed E-state index contributed by atoms with van der Waals surface area (Å²) in [6.45, 7) is 0.929. The van der Waals surface area contributed by atoms with Crippen LogP contribution in [-0.4, -0.2) is 58.9 Å². The molecule has 2 amide bonds. The third-order valence-electron chi connectivity index (χ3n) is 3.71. The number of rotatable bonds is 5. The number of nitrogens with one attached hydrogen (secondary N) is 1. The summed E-state index contributed by atoms with van der Waals surface area (Å²) in [4.78, 5) is 24.3. The molecular formula is C13H22N2O4S. The van der Waals surface area contributed by atoms with Crippen molar-refractivity contribution in [3.05, 3.63) is 0 Å². The maximum Gasteiger partial charge on any atom is 0.327 e. The molecule has 0 unspecified atom stereocenters. The molecule has 6 nitrogen and oxygen atoms in total. The van der Waals surface area contributed by atoms with Crippen molar-refractivity contribution in [1.29, 1.82) is 0 Å². The number of nitrogens with zero attached hydrogens (tertiary/aromatic N) is 1. The molecule has 0 spiro atoms. The molecule has 0 aromatic rings. The predicted molar refractivity (Wildman–Crippen MR) is 76.8 cm³/mol. The molecule has 1 atom stereocenters. The lowest BCUT2D eigenvalue weighted by molar-refractivity contribution is -0.140. The first-order valence-corrected chi connectivity index (χ1v) is 8.30. The molecule has 0 radical (unpaired) electrons. The van der Waals surface area contributed by atoms with Gasteiger partial charge in [-0.15, -0.1) is 11.8 Å². The largest absolute Gasteiger partial charge is 0.480 e. The van der Waals surface area contributed by atoms with Gasteiger partial charge in [0.2, 0.25) is 0 Å². The molecule has 7 heteroatoms. The fourth-order valence-electron chi connectivity index (χ4n) is 2.56. The zero-order valence-corrected chi connectivity index (χ0v) is 12.4. The summed E-state index contributed by atoms with van der Waals surface area (Å²) in [5.74, 6) is -0.0447. The van der Waals surface area contributed by atoms with E-state index in [4.69, 9.17) is 9.84 Å². The summed E-state index contributed by atoms with van der Waals surface area (Å²) < 4.78 is 5.72. The van der Waals surface area contributed by atoms with Gasteiger partial charge in [-0.3, -0.25) is 0 Å². The predicted octanol–water partition coefficient (Wildman–Crippen LogP) is 1.50. The van der Waals surface area contributed by atoms with E-state index in [1.807, 2.05) is 0 Å². The van der Waals surface area contributed by atoms with Gasteiger partial charge in [-0.05, 0) is 12.8 Å². The third-order valence-corrected chi connectivity index (χ3v) is 4.72. The Balaban J connectivity index is 1.63. The van der Waals surface area contributed by atoms with Crippen molar-refractivity contribution in [3.63, 3.8) is 0 Å². The van der Waals surface area contributed by atoms with E-state index in [0.717, 1.165) is 12.8 Å². The smallest absolute Gasteiger partial charge is 0.327 e. The quantitative estimate of drug-likeness (QED) is 0.753. The highest BCUT2D eigenvalue weighted by atomic mass is 32.2. The van der Waals surface area contributed by atoms with Crippen molar-refractivity contribution in [3.8, 4) is 0 Å². The molecule has 114 valence electrons. The van der Waals surface area contributed by atoms with E-state index in [2.05, 4.69) is 5.32 Å². The Morgan fingerprint density at radius 2 is 2.05 bits per heavy atom. The van der Waals surface area contributed by atoms with Gasteiger partial charge in [0.1, 0.15) is 6.04 Å². The van der Waals surface area contributed by atoms with Crippen LogP contribution in [0.25, 0.3) is 0 Å². The summed E-state index contributed by atoms with van der Waals surface area (Å²) in [5.41, 5.74) is 0. The molecule has 2 N–H and O–H groups in total. The molecule has 1 saturated carbocycles. The molecule has 2 rings (SSSR count). The Hall–Kier alpha value is -0.950. The highest BCUT2D eigenvalue weighted by molar-refractivity contribution is 7.99. The van der Waals surface area contributed by atoms with Crippen LogP contribution in [0.15, 0.2) is 0 Å². The Bertz CT molecular complexity index is 347. The second-order valence-corrected chi connectivity index (χ2v) is 6.19. The van der Waals surface area contributed by atoms with Crippen molar-refractivity contribution in [2.24, 2.45) is 0 Å². The normalized spacial score (nSPS) is 23.8. The zero-order chi connectivity index (χ0) is 14.4. The van der Waals surface area contributed by atoms with E-state index in [0.29, 0.717) is 30.9 Å². The number of urea groups is 1. The minimum absolute atomic E-state index is 0.311. The third kappa shape index (κ3) is 4.28. The number of aliphatic carboxylic acids is 1. The number of amides is 2. The van der Waals surface area contributed by atoms with Crippen LogP contribution in [0.5, 0.6) is 0 Å². The van der Waals surface area contributed by atoms with Gasteiger partial charge < -0.3 is 20.1 Å². The fraction of sp³-hybridized carbons (Fsp3) is 0.846. The number of carboxylic acids is 1. The Morgan fingerprint density at radius 3 is 2.75 bits per heavy atom. The maximum absolute atomic E-state index is 11.9. The van der Waals surface area contributed by atoms with Gasteiger partial charge in [-0.2, -0.15) is 0 Å². The Morgan fingerprint density at radius 1 is 1.30 bits per heavy atom. The van der Waals surface area contributed by atoms with Gasteiger partial charge >= 0.3 is 12.0 Å². The van der Waals surface area contributed by atoms with E-state index in [9.17, 15) is 9.59 Å². The molecule has 1 aliphatic carbocycles. The van der Waals surface area contributed by atoms with Crippen LogP contribution in [0.4, 0.5) is 4.79 Å². The number of carbonyl (C=O) groups excluding carboxylic acids is 1. The molecular weight excluding hydrogens is 280 g/mol. The van der Waals surface area contributed by atoms with E-state index >= 15 is 0 Å². The molecule has 0 aromatic heterocycles. The molecule has 1 saturated heterocycles. The number of carbonyl (C=O) groups is 2. The minimum atomic E-state index is -0.941. The average Bonchev–Trinajstić information content (AvgIpc) is 2.94. The fourth-order valence-corrected chi connectivity index (χ4v) is 3.71. The Labute approximate surface area is 123 Å². The van der Waals surface area contributed by atoms with Crippen molar-refractivity contribution in [2.45, 2.75) is 44.2 Å². The van der Waals surface area contributed by atoms with Gasteiger partial charge in [0, 0.05) is 12.3 Å². The standard InChI is InChI=1S/C13H22N2O4S/c16-12(17)11-8-20-9-15(11)13(18)14-6-7-19-10-4-2-1-3-5-10/h10-11H,1-9H2,(H,14,18)(H,16,17)/t11-/m0/s1. The summed E-state index contributed by atoms with van der Waals surface area (Å²) in [6, 6.07) is -1.02. The number of thioether (sulfide) groups is 1. The molecule has 0 bridgehead atoms. The first kappa shape index (κ1) is 15.4. The highest BCUT2D eigenvalue weighted by Gasteiger charge is 2.34. The maximum atomic E-state index is 11.9. The molecule has 20 heavy (non-hydrogen) atoms. The first-order valence-electron chi connectivity index (χ1n) is 7.15. The van der Waals surface area contributed by atoms with Gasteiger partial charge in [0.25, 0.3) is 0 Å². The number of hydrogen-bond donors (Lipinski definition) is 2. The highest BCUT2D eigenvalue weighted by Crippen LogP contribution is 2.21. The molecule has 2 fully saturated rings. The van der Waals surface area contributed by atoms with E-state index in [1.165, 1.54) is 35.9 Å². The summed E-state index contributed by atoms with van der Waals surface area (Å²) in [5, 5.41) is 11.7. The van der Waals surface area contributed by atoms with E-state index in [-0.39, 0.29) is 6.03 Å². The monoisotopic (exact) mass is 302 g/mol. The molecule has 1 heterocycles. The molecule has 0 aromatic carbocycles. The summed E-state index contributed by atoms with van der Waals surface area (Å²) in [7, 11) is 0. The zero-order valence-electron chi connectivity index (χ0n) is 11.5. The van der Waals surface area contributed by atoms with E-state index in [1.54, 1.807) is 0 Å². The summed E-state index contributed by atoms with van der Waals surface area (Å²) >= 11 is 1.46. The van der Waals surface area contributed by atoms with Crippen molar-refractivity contribution in [1.82, 2.24) is 10.2 Å². The van der Waals surface area contributed by atoms with Crippen LogP contribution in [0.1, 0.15) is 32.1 Å². The Kier molecular flexibility index (Phi) is 5.97. The number of carboxylic acid groups (broad SMARTS) is 1. The minimum Gasteiger partial charge on any atom is -0.480 e. The SMILES string of the molecule is O=C(O)[C@@H]1CSCN1C(=O)NCCOC1CCCCC1. The van der Waals surface area contributed by atoms with Crippen LogP contribution in [0, 0.1) is 0 Å². The van der Waals surface area contributed by atoms with Crippen LogP contribution in [0.3, 0.4) is 0 Å². The number of hydrogen-bond acceptors (Lipinski definition) is 4. The molecule has 2 aliphatic rings. The van der Waals surface area contributed by atoms with Crippen molar-refractivity contribution < 1.29 is 19.4 Å². The lowest BCUT2D eigenvalue weighted by atomic mass is 9.98. The average molecular weight is 302 g/mol. The van der Waals surface area contributed by atoms with Crippen LogP contribution >= 0.6 is 11.8 Å². The van der Waals surface area contributed by atoms with Gasteiger partial charge in [0.15, 0.2) is 0 Å².